The van der Waals surface area contributed by atoms with Gasteiger partial charge in [-0.2, -0.15) is 5.01 Å². The number of ether oxygens (including phenoxy) is 1. The van der Waals surface area contributed by atoms with Crippen LogP contribution >= 0.6 is 0 Å². The standard InChI is InChI=1S/C34H54N4O5/c1-24-15-16-25-26(21-24)29(41)38(28(25)40)35-27(39)17-20-37-30(42)33(22-31(2,3)36-32(4,5)23-33)43-34(37)18-13-11-9-7-6-8-10-12-14-19-34/h15-16,24-26,36H,6-14,17-23H2,1-5H3,(H,35,39). The smallest absolute Gasteiger partial charge is 0.257 e. The Morgan fingerprint density at radius 2 is 1.44 bits per heavy atom. The van der Waals surface area contributed by atoms with E-state index in [-0.39, 0.29) is 47.7 Å². The first-order chi connectivity index (χ1) is 20.3. The molecule has 0 bridgehead atoms. The van der Waals surface area contributed by atoms with Crippen molar-refractivity contribution in [1.29, 1.82) is 0 Å². The molecule has 2 aliphatic carbocycles. The fourth-order valence-electron chi connectivity index (χ4n) is 8.96. The van der Waals surface area contributed by atoms with Crippen LogP contribution in [0.5, 0.6) is 0 Å². The Kier molecular flexibility index (Phi) is 9.17. The van der Waals surface area contributed by atoms with Gasteiger partial charge in [0.2, 0.25) is 5.91 Å². The largest absolute Gasteiger partial charge is 0.339 e. The minimum atomic E-state index is -0.953. The van der Waals surface area contributed by atoms with Gasteiger partial charge in [-0.3, -0.25) is 24.6 Å². The highest BCUT2D eigenvalue weighted by Crippen LogP contribution is 2.51. The van der Waals surface area contributed by atoms with Gasteiger partial charge in [0, 0.05) is 36.9 Å². The summed E-state index contributed by atoms with van der Waals surface area (Å²) in [4.78, 5) is 55.8. The molecule has 3 unspecified atom stereocenters. The van der Waals surface area contributed by atoms with E-state index in [2.05, 4.69) is 38.4 Å². The predicted octanol–water partition coefficient (Wildman–Crippen LogP) is 5.14. The summed E-state index contributed by atoms with van der Waals surface area (Å²) in [5.74, 6) is -1.88. The number of fused-ring (bicyclic) bond motifs is 1. The molecule has 5 rings (SSSR count). The zero-order valence-electron chi connectivity index (χ0n) is 27.1. The van der Waals surface area contributed by atoms with E-state index in [9.17, 15) is 19.2 Å². The molecule has 5 aliphatic rings. The summed E-state index contributed by atoms with van der Waals surface area (Å²) in [5, 5.41) is 4.62. The van der Waals surface area contributed by atoms with Crippen LogP contribution in [0.25, 0.3) is 0 Å². The van der Waals surface area contributed by atoms with Crippen molar-refractivity contribution >= 4 is 23.6 Å². The second kappa shape index (κ2) is 12.3. The fraction of sp³-hybridized carbons (Fsp3) is 0.824. The molecule has 3 saturated heterocycles. The van der Waals surface area contributed by atoms with Crippen LogP contribution in [0, 0.1) is 17.8 Å². The van der Waals surface area contributed by atoms with Crippen LogP contribution in [-0.2, 0) is 23.9 Å². The van der Waals surface area contributed by atoms with Gasteiger partial charge in [0.25, 0.3) is 17.7 Å². The number of amides is 4. The normalized spacial score (nSPS) is 32.0. The van der Waals surface area contributed by atoms with Crippen LogP contribution in [0.1, 0.15) is 131 Å². The van der Waals surface area contributed by atoms with E-state index in [0.717, 1.165) is 43.5 Å². The SMILES string of the molecule is CC1C=CC2C(=O)N(NC(=O)CCN3C(=O)C4(CC(C)(C)NC(C)(C)C4)OC34CCCCCCCCCCC4)C(=O)C2C1. The van der Waals surface area contributed by atoms with E-state index < -0.39 is 29.1 Å². The molecule has 9 nitrogen and oxygen atoms in total. The Morgan fingerprint density at radius 3 is 2.02 bits per heavy atom. The predicted molar refractivity (Wildman–Crippen MR) is 164 cm³/mol. The van der Waals surface area contributed by atoms with Crippen molar-refractivity contribution < 1.29 is 23.9 Å². The quantitative estimate of drug-likeness (QED) is 0.343. The van der Waals surface area contributed by atoms with E-state index in [4.69, 9.17) is 4.74 Å². The minimum Gasteiger partial charge on any atom is -0.339 e. The van der Waals surface area contributed by atoms with E-state index in [1.54, 1.807) is 6.08 Å². The third-order valence-corrected chi connectivity index (χ3v) is 10.3. The molecule has 1 saturated carbocycles. The van der Waals surface area contributed by atoms with Crippen LogP contribution in [0.2, 0.25) is 0 Å². The molecule has 0 aromatic carbocycles. The molecule has 0 aromatic rings. The van der Waals surface area contributed by atoms with Crippen molar-refractivity contribution in [1.82, 2.24) is 20.7 Å². The number of allylic oxidation sites excluding steroid dienone is 1. The number of hydrazine groups is 1. The Bertz CT molecular complexity index is 1100. The van der Waals surface area contributed by atoms with E-state index >= 15 is 0 Å². The topological polar surface area (TPSA) is 108 Å². The molecule has 2 spiro atoms. The molecule has 9 heteroatoms. The van der Waals surface area contributed by atoms with E-state index in [1.165, 1.54) is 32.1 Å². The number of piperidine rings is 1. The first kappa shape index (κ1) is 32.1. The van der Waals surface area contributed by atoms with Gasteiger partial charge < -0.3 is 15.0 Å². The molecule has 3 heterocycles. The van der Waals surface area contributed by atoms with E-state index in [0.29, 0.717) is 19.3 Å². The van der Waals surface area contributed by atoms with Crippen molar-refractivity contribution in [2.24, 2.45) is 17.8 Å². The fourth-order valence-corrected chi connectivity index (χ4v) is 8.96. The van der Waals surface area contributed by atoms with Gasteiger partial charge in [0.05, 0.1) is 11.8 Å². The molecule has 0 aromatic heterocycles. The molecule has 4 amide bonds. The lowest BCUT2D eigenvalue weighted by Crippen LogP contribution is -2.65. The molecule has 43 heavy (non-hydrogen) atoms. The van der Waals surface area contributed by atoms with Crippen LogP contribution < -0.4 is 10.7 Å². The minimum absolute atomic E-state index is 0.00337. The summed E-state index contributed by atoms with van der Waals surface area (Å²) >= 11 is 0. The lowest BCUT2D eigenvalue weighted by Gasteiger charge is -2.50. The zero-order valence-corrected chi connectivity index (χ0v) is 27.1. The highest BCUT2D eigenvalue weighted by Gasteiger charge is 2.64. The lowest BCUT2D eigenvalue weighted by atomic mass is 9.72. The third-order valence-electron chi connectivity index (χ3n) is 10.3. The molecular weight excluding hydrogens is 544 g/mol. The van der Waals surface area contributed by atoms with Crippen LogP contribution in [0.3, 0.4) is 0 Å². The lowest BCUT2D eigenvalue weighted by molar-refractivity contribution is -0.177. The molecule has 4 fully saturated rings. The summed E-state index contributed by atoms with van der Waals surface area (Å²) < 4.78 is 7.17. The molecule has 240 valence electrons. The Morgan fingerprint density at radius 1 is 0.884 bits per heavy atom. The van der Waals surface area contributed by atoms with Gasteiger partial charge in [-0.15, -0.1) is 0 Å². The summed E-state index contributed by atoms with van der Waals surface area (Å²) in [6.45, 7) is 10.8. The maximum atomic E-state index is 14.6. The Labute approximate surface area is 257 Å². The molecule has 3 atom stereocenters. The number of hydrogen-bond donors (Lipinski definition) is 2. The molecule has 2 N–H and O–H groups in total. The van der Waals surface area contributed by atoms with Crippen LogP contribution in [0.15, 0.2) is 12.2 Å². The van der Waals surface area contributed by atoms with Gasteiger partial charge >= 0.3 is 0 Å². The summed E-state index contributed by atoms with van der Waals surface area (Å²) in [5.41, 5.74) is 0.308. The third kappa shape index (κ3) is 6.73. The van der Waals surface area contributed by atoms with Crippen LogP contribution in [0.4, 0.5) is 0 Å². The van der Waals surface area contributed by atoms with E-state index in [1.807, 2.05) is 17.9 Å². The van der Waals surface area contributed by atoms with Gasteiger partial charge in [-0.1, -0.05) is 64.0 Å². The van der Waals surface area contributed by atoms with Crippen molar-refractivity contribution in [3.05, 3.63) is 12.2 Å². The number of carbonyl (C=O) groups excluding carboxylic acids is 4. The second-order valence-electron chi connectivity index (χ2n) is 15.5. The first-order valence-electron chi connectivity index (χ1n) is 16.9. The first-order valence-corrected chi connectivity index (χ1v) is 16.9. The number of nitrogens with one attached hydrogen (secondary N) is 2. The number of imide groups is 1. The summed E-state index contributed by atoms with van der Waals surface area (Å²) in [6.07, 6.45) is 17.4. The number of carbonyl (C=O) groups is 4. The summed E-state index contributed by atoms with van der Waals surface area (Å²) in [7, 11) is 0. The van der Waals surface area contributed by atoms with Crippen LogP contribution in [-0.4, -0.2) is 62.5 Å². The Hall–Kier alpha value is -2.26. The highest BCUT2D eigenvalue weighted by molar-refractivity contribution is 6.07. The van der Waals surface area contributed by atoms with Gasteiger partial charge in [-0.25, -0.2) is 0 Å². The zero-order chi connectivity index (χ0) is 31.0. The van der Waals surface area contributed by atoms with Gasteiger partial charge in [-0.05, 0) is 65.7 Å². The maximum Gasteiger partial charge on any atom is 0.257 e. The molecule has 3 aliphatic heterocycles. The highest BCUT2D eigenvalue weighted by atomic mass is 16.6. The number of nitrogens with zero attached hydrogens (tertiary/aromatic N) is 2. The van der Waals surface area contributed by atoms with Gasteiger partial charge in [0.15, 0.2) is 5.60 Å². The Balaban J connectivity index is 1.36. The second-order valence-corrected chi connectivity index (χ2v) is 15.5. The molecular formula is C34H54N4O5. The average molecular weight is 599 g/mol. The van der Waals surface area contributed by atoms with Crippen molar-refractivity contribution in [3.8, 4) is 0 Å². The summed E-state index contributed by atoms with van der Waals surface area (Å²) in [6, 6.07) is 0. The maximum absolute atomic E-state index is 14.6. The van der Waals surface area contributed by atoms with Crippen molar-refractivity contribution in [2.75, 3.05) is 6.54 Å². The number of hydrogen-bond acceptors (Lipinski definition) is 6. The van der Waals surface area contributed by atoms with Gasteiger partial charge in [0.1, 0.15) is 5.72 Å². The molecule has 0 radical (unpaired) electrons. The van der Waals surface area contributed by atoms with Crippen molar-refractivity contribution in [2.45, 2.75) is 153 Å². The monoisotopic (exact) mass is 598 g/mol. The van der Waals surface area contributed by atoms with Crippen molar-refractivity contribution in [3.63, 3.8) is 0 Å². The number of rotatable bonds is 4. The average Bonchev–Trinajstić information content (AvgIpc) is 3.25.